The van der Waals surface area contributed by atoms with Crippen LogP contribution in [0.3, 0.4) is 0 Å². The fraction of sp³-hybridized carbons (Fsp3) is 0.133. The third-order valence-electron chi connectivity index (χ3n) is 2.91. The molecule has 0 unspecified atom stereocenters. The molecule has 3 aromatic rings. The molecule has 2 aromatic heterocycles. The highest BCUT2D eigenvalue weighted by Crippen LogP contribution is 2.32. The Morgan fingerprint density at radius 1 is 1.11 bits per heavy atom. The molecule has 2 heterocycles. The number of nitrogens with one attached hydrogen (secondary N) is 1. The molecular weight excluding hydrogens is 240 g/mol. The molecule has 0 saturated carbocycles. The number of rotatable bonds is 3. The fourth-order valence-corrected chi connectivity index (χ4v) is 3.14. The number of benzene rings is 1. The molecule has 0 fully saturated rings. The van der Waals surface area contributed by atoms with Crippen LogP contribution >= 0.6 is 11.3 Å². The molecule has 3 heteroatoms. The van der Waals surface area contributed by atoms with Crippen molar-refractivity contribution in [3.8, 4) is 10.4 Å². The van der Waals surface area contributed by atoms with Crippen LogP contribution in [0.25, 0.3) is 21.3 Å². The lowest BCUT2D eigenvalue weighted by atomic mass is 10.1. The first-order valence-electron chi connectivity index (χ1n) is 5.96. The Morgan fingerprint density at radius 2 is 2.00 bits per heavy atom. The lowest BCUT2D eigenvalue weighted by Gasteiger charge is -2.02. The van der Waals surface area contributed by atoms with Gasteiger partial charge < -0.3 is 5.32 Å². The molecule has 0 spiro atoms. The highest BCUT2D eigenvalue weighted by molar-refractivity contribution is 7.15. The van der Waals surface area contributed by atoms with E-state index in [-0.39, 0.29) is 0 Å². The summed E-state index contributed by atoms with van der Waals surface area (Å²) in [6.07, 6.45) is 1.86. The molecule has 0 amide bonds. The molecule has 0 bridgehead atoms. The zero-order valence-corrected chi connectivity index (χ0v) is 11.0. The van der Waals surface area contributed by atoms with Gasteiger partial charge in [0, 0.05) is 33.4 Å². The summed E-state index contributed by atoms with van der Waals surface area (Å²) >= 11 is 1.82. The van der Waals surface area contributed by atoms with Crippen molar-refractivity contribution >= 4 is 22.2 Å². The summed E-state index contributed by atoms with van der Waals surface area (Å²) in [6.45, 7) is 0.920. The molecule has 0 aliphatic heterocycles. The summed E-state index contributed by atoms with van der Waals surface area (Å²) in [6, 6.07) is 14.8. The summed E-state index contributed by atoms with van der Waals surface area (Å²) in [5, 5.41) is 4.37. The van der Waals surface area contributed by atoms with E-state index >= 15 is 0 Å². The van der Waals surface area contributed by atoms with Crippen molar-refractivity contribution in [2.45, 2.75) is 6.54 Å². The lowest BCUT2D eigenvalue weighted by molar-refractivity contribution is 0.831. The monoisotopic (exact) mass is 254 g/mol. The molecule has 1 aromatic carbocycles. The Hall–Kier alpha value is -1.71. The maximum absolute atomic E-state index is 4.50. The van der Waals surface area contributed by atoms with Gasteiger partial charge in [0.25, 0.3) is 0 Å². The van der Waals surface area contributed by atoms with Crippen molar-refractivity contribution in [2.24, 2.45) is 0 Å². The molecule has 1 N–H and O–H groups in total. The van der Waals surface area contributed by atoms with Gasteiger partial charge in [0.2, 0.25) is 0 Å². The van der Waals surface area contributed by atoms with E-state index in [0.717, 1.165) is 12.1 Å². The van der Waals surface area contributed by atoms with Crippen LogP contribution in [-0.2, 0) is 6.54 Å². The number of aromatic nitrogens is 1. The summed E-state index contributed by atoms with van der Waals surface area (Å²) in [4.78, 5) is 7.13. The predicted octanol–water partition coefficient (Wildman–Crippen LogP) is 3.68. The number of hydrogen-bond donors (Lipinski definition) is 1. The second kappa shape index (κ2) is 4.88. The summed E-state index contributed by atoms with van der Waals surface area (Å²) in [7, 11) is 1.97. The minimum atomic E-state index is 0.920. The van der Waals surface area contributed by atoms with Crippen molar-refractivity contribution in [1.29, 1.82) is 0 Å². The van der Waals surface area contributed by atoms with Crippen molar-refractivity contribution in [2.75, 3.05) is 7.05 Å². The van der Waals surface area contributed by atoms with Crippen LogP contribution in [0, 0.1) is 0 Å². The second-order valence-corrected chi connectivity index (χ2v) is 5.35. The van der Waals surface area contributed by atoms with E-state index < -0.39 is 0 Å². The smallest absolute Gasteiger partial charge is 0.0788 e. The van der Waals surface area contributed by atoms with Crippen molar-refractivity contribution in [3.05, 3.63) is 53.5 Å². The van der Waals surface area contributed by atoms with Crippen LogP contribution in [0.1, 0.15) is 4.88 Å². The van der Waals surface area contributed by atoms with E-state index in [1.165, 1.54) is 20.7 Å². The van der Waals surface area contributed by atoms with Gasteiger partial charge in [0.1, 0.15) is 0 Å². The highest BCUT2D eigenvalue weighted by atomic mass is 32.1. The quantitative estimate of drug-likeness (QED) is 0.771. The molecule has 90 valence electrons. The van der Waals surface area contributed by atoms with Gasteiger partial charge in [0.05, 0.1) is 5.52 Å². The number of nitrogens with zero attached hydrogens (tertiary/aromatic N) is 1. The topological polar surface area (TPSA) is 24.9 Å². The Kier molecular flexibility index (Phi) is 3.09. The molecule has 0 aliphatic rings. The van der Waals surface area contributed by atoms with Crippen LogP contribution in [-0.4, -0.2) is 12.0 Å². The second-order valence-electron chi connectivity index (χ2n) is 4.18. The lowest BCUT2D eigenvalue weighted by Crippen LogP contribution is -2.02. The van der Waals surface area contributed by atoms with Crippen LogP contribution in [0.15, 0.2) is 48.7 Å². The SMILES string of the molecule is CNCc1ccc(-c2cccc3cccnc23)s1. The number of thiophene rings is 1. The van der Waals surface area contributed by atoms with Crippen LogP contribution in [0.4, 0.5) is 0 Å². The molecule has 18 heavy (non-hydrogen) atoms. The fourth-order valence-electron chi connectivity index (χ4n) is 2.09. The van der Waals surface area contributed by atoms with Gasteiger partial charge in [-0.15, -0.1) is 11.3 Å². The molecular formula is C15H14N2S. The van der Waals surface area contributed by atoms with E-state index in [2.05, 4.69) is 46.7 Å². The van der Waals surface area contributed by atoms with Gasteiger partial charge in [-0.25, -0.2) is 0 Å². The summed E-state index contributed by atoms with van der Waals surface area (Å²) in [5.41, 5.74) is 2.30. The first-order chi connectivity index (χ1) is 8.88. The Bertz CT molecular complexity index is 668. The zero-order valence-electron chi connectivity index (χ0n) is 10.2. The van der Waals surface area contributed by atoms with Crippen molar-refractivity contribution < 1.29 is 0 Å². The van der Waals surface area contributed by atoms with Crippen LogP contribution in [0.2, 0.25) is 0 Å². The zero-order chi connectivity index (χ0) is 12.4. The third kappa shape index (κ3) is 2.03. The molecule has 3 rings (SSSR count). The van der Waals surface area contributed by atoms with Crippen LogP contribution < -0.4 is 5.32 Å². The molecule has 0 saturated heterocycles. The van der Waals surface area contributed by atoms with Gasteiger partial charge in [-0.3, -0.25) is 4.98 Å². The maximum atomic E-state index is 4.50. The number of pyridine rings is 1. The highest BCUT2D eigenvalue weighted by Gasteiger charge is 2.07. The average Bonchev–Trinajstić information content (AvgIpc) is 2.87. The Morgan fingerprint density at radius 3 is 2.89 bits per heavy atom. The van der Waals surface area contributed by atoms with E-state index in [1.807, 2.05) is 30.6 Å². The predicted molar refractivity (Wildman–Crippen MR) is 77.8 cm³/mol. The molecule has 2 nitrogen and oxygen atoms in total. The van der Waals surface area contributed by atoms with Crippen LogP contribution in [0.5, 0.6) is 0 Å². The van der Waals surface area contributed by atoms with E-state index in [4.69, 9.17) is 0 Å². The van der Waals surface area contributed by atoms with E-state index in [1.54, 1.807) is 0 Å². The Labute approximate surface area is 110 Å². The molecule has 0 atom stereocenters. The third-order valence-corrected chi connectivity index (χ3v) is 4.03. The largest absolute Gasteiger partial charge is 0.315 e. The van der Waals surface area contributed by atoms with Gasteiger partial charge in [-0.1, -0.05) is 24.3 Å². The molecule has 0 radical (unpaired) electrons. The number of fused-ring (bicyclic) bond motifs is 1. The number of hydrogen-bond acceptors (Lipinski definition) is 3. The van der Waals surface area contributed by atoms with E-state index in [9.17, 15) is 0 Å². The summed E-state index contributed by atoms with van der Waals surface area (Å²) in [5.74, 6) is 0. The van der Waals surface area contributed by atoms with Crippen molar-refractivity contribution in [3.63, 3.8) is 0 Å². The normalized spacial score (nSPS) is 10.9. The average molecular weight is 254 g/mol. The minimum Gasteiger partial charge on any atom is -0.315 e. The summed E-state index contributed by atoms with van der Waals surface area (Å²) < 4.78 is 0. The minimum absolute atomic E-state index is 0.920. The standard InChI is InChI=1S/C15H14N2S/c1-16-10-12-7-8-14(18-12)13-6-2-4-11-5-3-9-17-15(11)13/h2-9,16H,10H2,1H3. The van der Waals surface area contributed by atoms with E-state index in [0.29, 0.717) is 0 Å². The van der Waals surface area contributed by atoms with Crippen molar-refractivity contribution in [1.82, 2.24) is 10.3 Å². The molecule has 0 aliphatic carbocycles. The van der Waals surface area contributed by atoms with Gasteiger partial charge in [0.15, 0.2) is 0 Å². The first kappa shape index (κ1) is 11.4. The Balaban J connectivity index is 2.12. The first-order valence-corrected chi connectivity index (χ1v) is 6.77. The van der Waals surface area contributed by atoms with Gasteiger partial charge >= 0.3 is 0 Å². The van der Waals surface area contributed by atoms with Gasteiger partial charge in [-0.2, -0.15) is 0 Å². The van der Waals surface area contributed by atoms with Gasteiger partial charge in [-0.05, 0) is 25.2 Å². The number of para-hydroxylation sites is 1. The maximum Gasteiger partial charge on any atom is 0.0788 e.